The van der Waals surface area contributed by atoms with E-state index in [0.29, 0.717) is 11.8 Å². The lowest BCUT2D eigenvalue weighted by molar-refractivity contribution is -0.243. The molecule has 1 radical (unpaired) electrons. The zero-order valence-corrected chi connectivity index (χ0v) is 7.39. The zero-order valence-electron chi connectivity index (χ0n) is 7.39. The fraction of sp³-hybridized carbons (Fsp3) is 0.889. The summed E-state index contributed by atoms with van der Waals surface area (Å²) in [4.78, 5) is 0. The highest BCUT2D eigenvalue weighted by Gasteiger charge is 2.54. The van der Waals surface area contributed by atoms with Crippen LogP contribution in [0.4, 0.5) is 0 Å². The number of hydrogen-bond acceptors (Lipinski definition) is 2. The van der Waals surface area contributed by atoms with Gasteiger partial charge < -0.3 is 9.47 Å². The molecule has 0 saturated carbocycles. The molecule has 0 aliphatic carbocycles. The van der Waals surface area contributed by atoms with Crippen LogP contribution in [0.3, 0.4) is 0 Å². The average Bonchev–Trinajstić information content (AvgIpc) is 1.98. The summed E-state index contributed by atoms with van der Waals surface area (Å²) >= 11 is 0. The summed E-state index contributed by atoms with van der Waals surface area (Å²) in [6, 6.07) is 0. The summed E-state index contributed by atoms with van der Waals surface area (Å²) < 4.78 is 11.0. The molecule has 0 spiro atoms. The highest BCUT2D eigenvalue weighted by molar-refractivity contribution is 5.14. The van der Waals surface area contributed by atoms with Gasteiger partial charge in [-0.2, -0.15) is 0 Å². The van der Waals surface area contributed by atoms with Crippen molar-refractivity contribution in [3.63, 3.8) is 0 Å². The van der Waals surface area contributed by atoms with E-state index in [9.17, 15) is 0 Å². The maximum atomic E-state index is 5.54. The topological polar surface area (TPSA) is 18.5 Å². The van der Waals surface area contributed by atoms with E-state index in [2.05, 4.69) is 20.8 Å². The molecule has 0 aromatic carbocycles. The van der Waals surface area contributed by atoms with Crippen LogP contribution in [0, 0.1) is 17.9 Å². The maximum Gasteiger partial charge on any atom is 0.134 e. The molecule has 2 rings (SSSR count). The molecule has 2 heterocycles. The van der Waals surface area contributed by atoms with Crippen LogP contribution in [-0.4, -0.2) is 18.8 Å². The number of ether oxygens (including phenoxy) is 2. The Hall–Kier alpha value is -0.0800. The third-order valence-corrected chi connectivity index (χ3v) is 3.00. The molecule has 0 aromatic rings. The Labute approximate surface area is 67.9 Å². The molecule has 3 atom stereocenters. The fourth-order valence-electron chi connectivity index (χ4n) is 1.78. The molecule has 0 bridgehead atoms. The van der Waals surface area contributed by atoms with Crippen LogP contribution in [0.2, 0.25) is 0 Å². The smallest absolute Gasteiger partial charge is 0.134 e. The van der Waals surface area contributed by atoms with Gasteiger partial charge in [-0.05, 0) is 6.92 Å². The molecule has 0 N–H and O–H groups in total. The Kier molecular flexibility index (Phi) is 1.52. The van der Waals surface area contributed by atoms with Gasteiger partial charge in [0.1, 0.15) is 11.7 Å². The Morgan fingerprint density at radius 1 is 1.36 bits per heavy atom. The average molecular weight is 155 g/mol. The van der Waals surface area contributed by atoms with Gasteiger partial charge in [0.15, 0.2) is 0 Å². The lowest BCUT2D eigenvalue weighted by atomic mass is 9.74. The maximum absolute atomic E-state index is 5.54. The van der Waals surface area contributed by atoms with E-state index in [0.717, 1.165) is 19.3 Å². The minimum Gasteiger partial charge on any atom is -0.371 e. The van der Waals surface area contributed by atoms with Crippen molar-refractivity contribution in [2.75, 3.05) is 13.2 Å². The molecular formula is C9H15O2. The molecule has 2 aliphatic rings. The molecule has 2 fully saturated rings. The number of hydrogen-bond donors (Lipinski definition) is 0. The van der Waals surface area contributed by atoms with E-state index in [1.165, 1.54) is 0 Å². The normalized spacial score (nSPS) is 51.5. The second-order valence-electron chi connectivity index (χ2n) is 3.90. The molecule has 2 saturated heterocycles. The summed E-state index contributed by atoms with van der Waals surface area (Å²) in [6.07, 6.45) is 1.16. The standard InChI is InChI=1S/C9H15O2/c1-6-4-10-8(6)9(3)7(2)5-11-9/h6-7H,4-5H2,1-3H3. The third-order valence-electron chi connectivity index (χ3n) is 3.00. The molecule has 63 valence electrons. The first-order valence-electron chi connectivity index (χ1n) is 4.28. The first-order valence-corrected chi connectivity index (χ1v) is 4.28. The minimum absolute atomic E-state index is 0.0579. The van der Waals surface area contributed by atoms with Gasteiger partial charge in [0.25, 0.3) is 0 Å². The van der Waals surface area contributed by atoms with Crippen LogP contribution in [0.5, 0.6) is 0 Å². The first kappa shape index (κ1) is 7.56. The molecule has 2 nitrogen and oxygen atoms in total. The number of rotatable bonds is 1. The lowest BCUT2D eigenvalue weighted by Crippen LogP contribution is -2.60. The van der Waals surface area contributed by atoms with Gasteiger partial charge in [0.2, 0.25) is 0 Å². The van der Waals surface area contributed by atoms with Crippen LogP contribution in [0.25, 0.3) is 0 Å². The van der Waals surface area contributed by atoms with E-state index in [1.54, 1.807) is 0 Å². The Balaban J connectivity index is 2.03. The van der Waals surface area contributed by atoms with E-state index < -0.39 is 0 Å². The van der Waals surface area contributed by atoms with Crippen molar-refractivity contribution in [3.05, 3.63) is 6.10 Å². The monoisotopic (exact) mass is 155 g/mol. The Morgan fingerprint density at radius 2 is 2.09 bits per heavy atom. The van der Waals surface area contributed by atoms with Crippen molar-refractivity contribution >= 4 is 0 Å². The molecular weight excluding hydrogens is 140 g/mol. The summed E-state index contributed by atoms with van der Waals surface area (Å²) in [5.41, 5.74) is -0.0579. The van der Waals surface area contributed by atoms with Gasteiger partial charge in [-0.1, -0.05) is 13.8 Å². The first-order chi connectivity index (χ1) is 5.14. The lowest BCUT2D eigenvalue weighted by Gasteiger charge is -2.54. The summed E-state index contributed by atoms with van der Waals surface area (Å²) in [5, 5.41) is 0. The van der Waals surface area contributed by atoms with E-state index >= 15 is 0 Å². The third kappa shape index (κ3) is 0.859. The summed E-state index contributed by atoms with van der Waals surface area (Å²) in [5.74, 6) is 1.22. The van der Waals surface area contributed by atoms with Crippen LogP contribution in [0.1, 0.15) is 20.8 Å². The van der Waals surface area contributed by atoms with Gasteiger partial charge in [0.05, 0.1) is 13.2 Å². The van der Waals surface area contributed by atoms with Gasteiger partial charge >= 0.3 is 0 Å². The predicted octanol–water partition coefficient (Wildman–Crippen LogP) is 1.61. The molecule has 0 aromatic heterocycles. The van der Waals surface area contributed by atoms with Crippen LogP contribution < -0.4 is 0 Å². The van der Waals surface area contributed by atoms with Gasteiger partial charge in [-0.3, -0.25) is 0 Å². The second kappa shape index (κ2) is 2.20. The SMILES string of the molecule is CC1CO[C]1C1(C)OCC1C. The van der Waals surface area contributed by atoms with Crippen molar-refractivity contribution in [1.82, 2.24) is 0 Å². The van der Waals surface area contributed by atoms with Gasteiger partial charge in [-0.25, -0.2) is 0 Å². The van der Waals surface area contributed by atoms with Crippen molar-refractivity contribution in [2.45, 2.75) is 26.4 Å². The summed E-state index contributed by atoms with van der Waals surface area (Å²) in [6.45, 7) is 8.30. The van der Waals surface area contributed by atoms with Crippen molar-refractivity contribution < 1.29 is 9.47 Å². The Bertz CT molecular complexity index is 169. The highest BCUT2D eigenvalue weighted by Crippen LogP contribution is 2.48. The van der Waals surface area contributed by atoms with Crippen LogP contribution in [-0.2, 0) is 9.47 Å². The Morgan fingerprint density at radius 3 is 2.18 bits per heavy atom. The van der Waals surface area contributed by atoms with E-state index in [4.69, 9.17) is 9.47 Å². The molecule has 2 aliphatic heterocycles. The minimum atomic E-state index is -0.0579. The fourth-order valence-corrected chi connectivity index (χ4v) is 1.78. The van der Waals surface area contributed by atoms with Crippen LogP contribution >= 0.6 is 0 Å². The van der Waals surface area contributed by atoms with Gasteiger partial charge in [-0.15, -0.1) is 0 Å². The molecule has 2 heteroatoms. The second-order valence-corrected chi connectivity index (χ2v) is 3.90. The van der Waals surface area contributed by atoms with Crippen LogP contribution in [0.15, 0.2) is 0 Å². The summed E-state index contributed by atoms with van der Waals surface area (Å²) in [7, 11) is 0. The quantitative estimate of drug-likeness (QED) is 0.572. The van der Waals surface area contributed by atoms with Crippen molar-refractivity contribution in [2.24, 2.45) is 11.8 Å². The van der Waals surface area contributed by atoms with Crippen molar-refractivity contribution in [1.29, 1.82) is 0 Å². The largest absolute Gasteiger partial charge is 0.371 e. The molecule has 3 unspecified atom stereocenters. The van der Waals surface area contributed by atoms with E-state index in [-0.39, 0.29) is 5.60 Å². The zero-order chi connectivity index (χ0) is 8.06. The van der Waals surface area contributed by atoms with E-state index in [1.807, 2.05) is 0 Å². The van der Waals surface area contributed by atoms with Crippen molar-refractivity contribution in [3.8, 4) is 0 Å². The highest BCUT2D eigenvalue weighted by atomic mass is 16.6. The predicted molar refractivity (Wildman–Crippen MR) is 41.9 cm³/mol. The van der Waals surface area contributed by atoms with Gasteiger partial charge in [0, 0.05) is 11.8 Å². The molecule has 0 amide bonds. The molecule has 11 heavy (non-hydrogen) atoms.